The predicted molar refractivity (Wildman–Crippen MR) is 59.6 cm³/mol. The Labute approximate surface area is 91.7 Å². The molecule has 0 aromatic rings. The molecular weight excluding hydrogens is 188 g/mol. The Hall–Kier alpha value is -0.630. The number of ketones is 1. The van der Waals surface area contributed by atoms with Crippen molar-refractivity contribution in [2.24, 2.45) is 11.3 Å². The van der Waals surface area contributed by atoms with E-state index in [4.69, 9.17) is 4.74 Å². The van der Waals surface area contributed by atoms with Gasteiger partial charge in [-0.05, 0) is 38.2 Å². The van der Waals surface area contributed by atoms with Gasteiger partial charge in [-0.25, -0.2) is 0 Å². The SMILES string of the molecule is CC(=O)/C=C\[C@@H]1C(C)(C)CC[C@@H]2O[C@]21C. The smallest absolute Gasteiger partial charge is 0.152 e. The minimum Gasteiger partial charge on any atom is -0.366 e. The maximum absolute atomic E-state index is 11.0. The lowest BCUT2D eigenvalue weighted by Crippen LogP contribution is -2.39. The Morgan fingerprint density at radius 2 is 2.07 bits per heavy atom. The summed E-state index contributed by atoms with van der Waals surface area (Å²) in [6, 6.07) is 0. The second kappa shape index (κ2) is 3.18. The number of hydrogen-bond donors (Lipinski definition) is 0. The quantitative estimate of drug-likeness (QED) is 0.516. The van der Waals surface area contributed by atoms with Gasteiger partial charge in [-0.2, -0.15) is 0 Å². The van der Waals surface area contributed by atoms with E-state index in [1.807, 2.05) is 0 Å². The number of carbonyl (C=O) groups is 1. The molecule has 1 saturated heterocycles. The van der Waals surface area contributed by atoms with Gasteiger partial charge >= 0.3 is 0 Å². The Balaban J connectivity index is 2.21. The standard InChI is InChI=1S/C13H20O2/c1-9(14)5-6-10-12(2,3)8-7-11-13(10,4)15-11/h5-6,10-11H,7-8H2,1-4H3/b6-5-/t10-,11+,13+/m1/s1. The molecule has 0 spiro atoms. The fourth-order valence-corrected chi connectivity index (χ4v) is 3.01. The zero-order chi connectivity index (χ0) is 11.3. The van der Waals surface area contributed by atoms with E-state index in [1.165, 1.54) is 6.42 Å². The topological polar surface area (TPSA) is 29.6 Å². The van der Waals surface area contributed by atoms with Gasteiger partial charge in [0.2, 0.25) is 0 Å². The molecule has 0 aromatic carbocycles. The van der Waals surface area contributed by atoms with Crippen LogP contribution in [0.5, 0.6) is 0 Å². The molecule has 2 rings (SSSR count). The van der Waals surface area contributed by atoms with Crippen LogP contribution in [0.3, 0.4) is 0 Å². The minimum absolute atomic E-state index is 0.00625. The lowest BCUT2D eigenvalue weighted by Gasteiger charge is -2.38. The van der Waals surface area contributed by atoms with Crippen LogP contribution < -0.4 is 0 Å². The highest BCUT2D eigenvalue weighted by molar-refractivity contribution is 5.87. The number of epoxide rings is 1. The van der Waals surface area contributed by atoms with Crippen molar-refractivity contribution >= 4 is 5.78 Å². The van der Waals surface area contributed by atoms with Gasteiger partial charge in [0.25, 0.3) is 0 Å². The molecule has 84 valence electrons. The average molecular weight is 208 g/mol. The van der Waals surface area contributed by atoms with Crippen molar-refractivity contribution in [3.05, 3.63) is 12.2 Å². The van der Waals surface area contributed by atoms with Gasteiger partial charge < -0.3 is 4.74 Å². The van der Waals surface area contributed by atoms with Gasteiger partial charge in [0.15, 0.2) is 5.78 Å². The fraction of sp³-hybridized carbons (Fsp3) is 0.769. The van der Waals surface area contributed by atoms with Crippen molar-refractivity contribution in [3.63, 3.8) is 0 Å². The Bertz CT molecular complexity index is 312. The molecule has 3 atom stereocenters. The van der Waals surface area contributed by atoms with E-state index >= 15 is 0 Å². The highest BCUT2D eigenvalue weighted by Gasteiger charge is 2.63. The normalized spacial score (nSPS) is 42.7. The Morgan fingerprint density at radius 1 is 1.40 bits per heavy atom. The molecule has 1 aliphatic heterocycles. The largest absolute Gasteiger partial charge is 0.366 e. The van der Waals surface area contributed by atoms with E-state index < -0.39 is 0 Å². The summed E-state index contributed by atoms with van der Waals surface area (Å²) >= 11 is 0. The molecule has 0 unspecified atom stereocenters. The molecule has 0 N–H and O–H groups in total. The third-order valence-corrected chi connectivity index (χ3v) is 4.01. The number of rotatable bonds is 2. The average Bonchev–Trinajstić information content (AvgIpc) is 2.74. The lowest BCUT2D eigenvalue weighted by molar-refractivity contribution is -0.112. The first-order valence-electron chi connectivity index (χ1n) is 5.73. The summed E-state index contributed by atoms with van der Waals surface area (Å²) < 4.78 is 5.78. The summed E-state index contributed by atoms with van der Waals surface area (Å²) in [5.41, 5.74) is 0.237. The Morgan fingerprint density at radius 3 is 2.67 bits per heavy atom. The molecule has 1 saturated carbocycles. The molecule has 1 aliphatic carbocycles. The molecule has 2 aliphatic rings. The van der Waals surface area contributed by atoms with E-state index in [0.717, 1.165) is 6.42 Å². The van der Waals surface area contributed by atoms with Crippen molar-refractivity contribution in [2.45, 2.75) is 52.2 Å². The molecule has 2 nitrogen and oxygen atoms in total. The van der Waals surface area contributed by atoms with Crippen molar-refractivity contribution < 1.29 is 9.53 Å². The van der Waals surface area contributed by atoms with Crippen LogP contribution in [0.1, 0.15) is 40.5 Å². The van der Waals surface area contributed by atoms with Gasteiger partial charge in [-0.15, -0.1) is 0 Å². The van der Waals surface area contributed by atoms with Crippen LogP contribution in [0.15, 0.2) is 12.2 Å². The predicted octanol–water partition coefficient (Wildman–Crippen LogP) is 2.73. The van der Waals surface area contributed by atoms with Gasteiger partial charge in [-0.1, -0.05) is 19.9 Å². The van der Waals surface area contributed by atoms with Crippen LogP contribution in [-0.2, 0) is 9.53 Å². The number of hydrogen-bond acceptors (Lipinski definition) is 2. The van der Waals surface area contributed by atoms with Crippen molar-refractivity contribution in [1.29, 1.82) is 0 Å². The number of fused-ring (bicyclic) bond motifs is 1. The third-order valence-electron chi connectivity index (χ3n) is 4.01. The minimum atomic E-state index is -0.00625. The summed E-state index contributed by atoms with van der Waals surface area (Å²) in [5, 5.41) is 0. The summed E-state index contributed by atoms with van der Waals surface area (Å²) in [6.07, 6.45) is 6.52. The van der Waals surface area contributed by atoms with E-state index in [2.05, 4.69) is 26.8 Å². The van der Waals surface area contributed by atoms with Crippen molar-refractivity contribution in [1.82, 2.24) is 0 Å². The first-order valence-corrected chi connectivity index (χ1v) is 5.73. The second-order valence-electron chi connectivity index (χ2n) is 5.77. The molecule has 0 radical (unpaired) electrons. The lowest BCUT2D eigenvalue weighted by atomic mass is 9.64. The molecule has 1 heterocycles. The van der Waals surface area contributed by atoms with Crippen LogP contribution in [0.2, 0.25) is 0 Å². The summed E-state index contributed by atoms with van der Waals surface area (Å²) in [6.45, 7) is 8.31. The summed E-state index contributed by atoms with van der Waals surface area (Å²) in [7, 11) is 0. The van der Waals surface area contributed by atoms with E-state index in [9.17, 15) is 4.79 Å². The first-order chi connectivity index (χ1) is 6.86. The van der Waals surface area contributed by atoms with Crippen LogP contribution in [0.4, 0.5) is 0 Å². The first kappa shape index (κ1) is 10.9. The molecule has 2 fully saturated rings. The molecule has 0 bridgehead atoms. The van der Waals surface area contributed by atoms with E-state index in [0.29, 0.717) is 12.0 Å². The van der Waals surface area contributed by atoms with Crippen molar-refractivity contribution in [2.75, 3.05) is 0 Å². The zero-order valence-corrected chi connectivity index (χ0v) is 10.0. The van der Waals surface area contributed by atoms with Crippen LogP contribution in [0.25, 0.3) is 0 Å². The number of allylic oxidation sites excluding steroid dienone is 1. The van der Waals surface area contributed by atoms with Gasteiger partial charge in [0.05, 0.1) is 11.7 Å². The van der Waals surface area contributed by atoms with Gasteiger partial charge in [0, 0.05) is 5.92 Å². The molecule has 0 aromatic heterocycles. The number of carbonyl (C=O) groups excluding carboxylic acids is 1. The molecular formula is C13H20O2. The van der Waals surface area contributed by atoms with Gasteiger partial charge in [0.1, 0.15) is 0 Å². The monoisotopic (exact) mass is 208 g/mol. The molecule has 2 heteroatoms. The zero-order valence-electron chi connectivity index (χ0n) is 10.0. The van der Waals surface area contributed by atoms with Crippen molar-refractivity contribution in [3.8, 4) is 0 Å². The molecule has 15 heavy (non-hydrogen) atoms. The highest BCUT2D eigenvalue weighted by atomic mass is 16.6. The van der Waals surface area contributed by atoms with E-state index in [-0.39, 0.29) is 16.8 Å². The summed E-state index contributed by atoms with van der Waals surface area (Å²) in [4.78, 5) is 11.0. The van der Waals surface area contributed by atoms with Crippen LogP contribution >= 0.6 is 0 Å². The fourth-order valence-electron chi connectivity index (χ4n) is 3.01. The maximum Gasteiger partial charge on any atom is 0.152 e. The second-order valence-corrected chi connectivity index (χ2v) is 5.77. The Kier molecular flexibility index (Phi) is 2.30. The van der Waals surface area contributed by atoms with Crippen LogP contribution in [0, 0.1) is 11.3 Å². The van der Waals surface area contributed by atoms with Crippen LogP contribution in [-0.4, -0.2) is 17.5 Å². The molecule has 0 amide bonds. The maximum atomic E-state index is 11.0. The number of ether oxygens (including phenoxy) is 1. The summed E-state index contributed by atoms with van der Waals surface area (Å²) in [5.74, 6) is 0.491. The third kappa shape index (κ3) is 1.76. The van der Waals surface area contributed by atoms with E-state index in [1.54, 1.807) is 13.0 Å². The highest BCUT2D eigenvalue weighted by Crippen LogP contribution is 2.58. The van der Waals surface area contributed by atoms with Gasteiger partial charge in [-0.3, -0.25) is 4.79 Å².